The van der Waals surface area contributed by atoms with Crippen LogP contribution in [-0.2, 0) is 11.5 Å². The summed E-state index contributed by atoms with van der Waals surface area (Å²) in [5.41, 5.74) is 0. The zero-order valence-electron chi connectivity index (χ0n) is 19.4. The number of imidazole rings is 1. The van der Waals surface area contributed by atoms with Gasteiger partial charge in [0.15, 0.2) is 0 Å². The zero-order chi connectivity index (χ0) is 20.3. The van der Waals surface area contributed by atoms with Gasteiger partial charge in [0.1, 0.15) is 0 Å². The Morgan fingerprint density at radius 2 is 1.48 bits per heavy atom. The Morgan fingerprint density at radius 3 is 1.93 bits per heavy atom. The minimum absolute atomic E-state index is 0.717. The first kappa shape index (κ1) is 25.2. The Labute approximate surface area is 174 Å². The molecule has 1 rings (SSSR count). The van der Waals surface area contributed by atoms with Crippen LogP contribution in [0.2, 0.25) is 39.0 Å². The SMILES string of the molecule is CCC[CH2][Sn]([CH2]CCC)([CH2]CCC)[c]1cnc(C)n1COCC[Si](C)(C)C. The van der Waals surface area contributed by atoms with Crippen molar-refractivity contribution in [1.82, 2.24) is 9.55 Å². The molecule has 3 nitrogen and oxygen atoms in total. The summed E-state index contributed by atoms with van der Waals surface area (Å²) in [6.07, 6.45) is 10.4. The predicted octanol–water partition coefficient (Wildman–Crippen LogP) is 6.56. The molecule has 0 unspecified atom stereocenters. The van der Waals surface area contributed by atoms with E-state index < -0.39 is 26.5 Å². The second-order valence-electron chi connectivity index (χ2n) is 9.56. The number of unbranched alkanes of at least 4 members (excludes halogenated alkanes) is 3. The number of rotatable bonds is 15. The van der Waals surface area contributed by atoms with Gasteiger partial charge in [-0.25, -0.2) is 0 Å². The first-order valence-corrected chi connectivity index (χ1v) is 22.6. The molecule has 1 aromatic rings. The molecule has 0 spiro atoms. The van der Waals surface area contributed by atoms with E-state index in [2.05, 4.69) is 58.1 Å². The summed E-state index contributed by atoms with van der Waals surface area (Å²) in [6.45, 7) is 18.1. The van der Waals surface area contributed by atoms with Crippen LogP contribution in [0.1, 0.15) is 65.1 Å². The summed E-state index contributed by atoms with van der Waals surface area (Å²) in [6, 6.07) is 1.24. The summed E-state index contributed by atoms with van der Waals surface area (Å²) >= 11 is -2.45. The summed E-state index contributed by atoms with van der Waals surface area (Å²) < 4.78 is 14.8. The molecule has 0 atom stereocenters. The van der Waals surface area contributed by atoms with E-state index in [0.29, 0.717) is 6.73 Å². The molecule has 0 aliphatic heterocycles. The summed E-state index contributed by atoms with van der Waals surface area (Å²) in [5.74, 6) is 1.16. The molecule has 5 heteroatoms. The van der Waals surface area contributed by atoms with Crippen molar-refractivity contribution < 1.29 is 4.74 Å². The minimum atomic E-state index is -2.45. The van der Waals surface area contributed by atoms with Gasteiger partial charge in [-0.15, -0.1) is 0 Å². The quantitative estimate of drug-likeness (QED) is 0.201. The van der Waals surface area contributed by atoms with Crippen LogP contribution >= 0.6 is 0 Å². The van der Waals surface area contributed by atoms with Crippen molar-refractivity contribution in [2.75, 3.05) is 6.61 Å². The molecule has 0 aliphatic rings. The molecule has 0 aromatic carbocycles. The van der Waals surface area contributed by atoms with Crippen LogP contribution in [0.4, 0.5) is 0 Å². The monoisotopic (exact) mass is 502 g/mol. The molecular weight excluding hydrogens is 455 g/mol. The average molecular weight is 501 g/mol. The molecule has 0 fully saturated rings. The van der Waals surface area contributed by atoms with Gasteiger partial charge in [0.25, 0.3) is 0 Å². The number of aryl methyl sites for hydroxylation is 1. The molecule has 0 N–H and O–H groups in total. The van der Waals surface area contributed by atoms with Gasteiger partial charge in [0.05, 0.1) is 0 Å². The maximum absolute atomic E-state index is 6.18. The van der Waals surface area contributed by atoms with E-state index in [-0.39, 0.29) is 0 Å². The standard InChI is InChI=1S/C10H19N2OSi.3C4H9.Sn/c1-10-11-5-6-12(10)9-13-7-8-14(2,3)4;3*1-3-4-2;/h5H,7-9H2,1-4H3;3*1,3-4H2,2H3;. The van der Waals surface area contributed by atoms with Crippen LogP contribution in [-0.4, -0.2) is 42.6 Å². The van der Waals surface area contributed by atoms with Crippen LogP contribution in [0.15, 0.2) is 6.20 Å². The average Bonchev–Trinajstić information content (AvgIpc) is 2.99. The Balaban J connectivity index is 3.05. The van der Waals surface area contributed by atoms with Crippen molar-refractivity contribution >= 4 is 30.2 Å². The van der Waals surface area contributed by atoms with Crippen molar-refractivity contribution in [1.29, 1.82) is 0 Å². The Kier molecular flexibility index (Phi) is 11.8. The molecule has 0 radical (unpaired) electrons. The number of aromatic nitrogens is 2. The van der Waals surface area contributed by atoms with Gasteiger partial charge in [-0.1, -0.05) is 0 Å². The van der Waals surface area contributed by atoms with E-state index in [1.165, 1.54) is 57.9 Å². The molecule has 27 heavy (non-hydrogen) atoms. The van der Waals surface area contributed by atoms with E-state index >= 15 is 0 Å². The molecule has 0 aliphatic carbocycles. The summed E-state index contributed by atoms with van der Waals surface area (Å²) in [5, 5.41) is 0. The predicted molar refractivity (Wildman–Crippen MR) is 126 cm³/mol. The van der Waals surface area contributed by atoms with Crippen LogP contribution in [0.3, 0.4) is 0 Å². The van der Waals surface area contributed by atoms with Crippen LogP contribution in [0.5, 0.6) is 0 Å². The van der Waals surface area contributed by atoms with Gasteiger partial charge in [-0.2, -0.15) is 0 Å². The van der Waals surface area contributed by atoms with Crippen LogP contribution in [0.25, 0.3) is 0 Å². The third kappa shape index (κ3) is 8.61. The summed E-state index contributed by atoms with van der Waals surface area (Å²) in [7, 11) is -1.03. The van der Waals surface area contributed by atoms with Gasteiger partial charge < -0.3 is 0 Å². The fourth-order valence-electron chi connectivity index (χ4n) is 3.89. The summed E-state index contributed by atoms with van der Waals surface area (Å²) in [4.78, 5) is 4.78. The third-order valence-corrected chi connectivity index (χ3v) is 23.0. The molecule has 158 valence electrons. The van der Waals surface area contributed by atoms with Gasteiger partial charge in [-0.3, -0.25) is 0 Å². The molecule has 1 heterocycles. The van der Waals surface area contributed by atoms with Crippen molar-refractivity contribution in [3.8, 4) is 0 Å². The third-order valence-electron chi connectivity index (χ3n) is 5.84. The number of hydrogen-bond donors (Lipinski definition) is 0. The topological polar surface area (TPSA) is 27.1 Å². The molecular formula is C22H46N2OSiSn. The van der Waals surface area contributed by atoms with Crippen molar-refractivity contribution in [3.05, 3.63) is 12.0 Å². The van der Waals surface area contributed by atoms with E-state index in [4.69, 9.17) is 9.72 Å². The van der Waals surface area contributed by atoms with Crippen molar-refractivity contribution in [2.45, 2.75) is 112 Å². The molecule has 1 aromatic heterocycles. The second-order valence-corrected chi connectivity index (χ2v) is 28.2. The van der Waals surface area contributed by atoms with Crippen LogP contribution in [0, 0.1) is 6.92 Å². The maximum atomic E-state index is 6.18. The molecule has 0 saturated heterocycles. The van der Waals surface area contributed by atoms with E-state index in [1.54, 1.807) is 3.71 Å². The van der Waals surface area contributed by atoms with E-state index in [9.17, 15) is 0 Å². The van der Waals surface area contributed by atoms with Gasteiger partial charge >= 0.3 is 175 Å². The number of ether oxygens (including phenoxy) is 1. The Bertz CT molecular complexity index is 503. The van der Waals surface area contributed by atoms with Crippen molar-refractivity contribution in [2.24, 2.45) is 0 Å². The van der Waals surface area contributed by atoms with Gasteiger partial charge in [0.2, 0.25) is 0 Å². The first-order valence-electron chi connectivity index (χ1n) is 11.4. The Morgan fingerprint density at radius 1 is 0.963 bits per heavy atom. The molecule has 0 bridgehead atoms. The van der Waals surface area contributed by atoms with E-state index in [0.717, 1.165) is 12.4 Å². The second kappa shape index (κ2) is 12.7. The van der Waals surface area contributed by atoms with Crippen LogP contribution < -0.4 is 3.71 Å². The fraction of sp³-hybridized carbons (Fsp3) is 0.864. The first-order chi connectivity index (χ1) is 12.8. The normalized spacial score (nSPS) is 12.7. The van der Waals surface area contributed by atoms with Gasteiger partial charge in [0, 0.05) is 0 Å². The molecule has 0 amide bonds. The fourth-order valence-corrected chi connectivity index (χ4v) is 21.1. The zero-order valence-corrected chi connectivity index (χ0v) is 23.2. The van der Waals surface area contributed by atoms with E-state index in [1.807, 2.05) is 0 Å². The number of hydrogen-bond acceptors (Lipinski definition) is 2. The Hall–Kier alpha value is 0.186. The van der Waals surface area contributed by atoms with Gasteiger partial charge in [-0.05, 0) is 0 Å². The number of nitrogens with zero attached hydrogens (tertiary/aromatic N) is 2. The molecule has 0 saturated carbocycles. The van der Waals surface area contributed by atoms with Crippen molar-refractivity contribution in [3.63, 3.8) is 0 Å².